The minimum atomic E-state index is -1.03. The Morgan fingerprint density at radius 3 is 2.71 bits per heavy atom. The topological polar surface area (TPSA) is 89.9 Å². The number of hydrogen-bond donors (Lipinski definition) is 3. The average molecular weight is 242 g/mol. The lowest BCUT2D eigenvalue weighted by Gasteiger charge is -2.29. The van der Waals surface area contributed by atoms with Crippen molar-refractivity contribution in [2.24, 2.45) is 5.92 Å². The van der Waals surface area contributed by atoms with Gasteiger partial charge < -0.3 is 20.4 Å². The minimum absolute atomic E-state index is 0.138. The van der Waals surface area contributed by atoms with Gasteiger partial charge >= 0.3 is 5.97 Å². The Morgan fingerprint density at radius 2 is 2.12 bits per heavy atom. The number of amides is 1. The van der Waals surface area contributed by atoms with Crippen molar-refractivity contribution < 1.29 is 19.8 Å². The van der Waals surface area contributed by atoms with E-state index in [9.17, 15) is 14.7 Å². The van der Waals surface area contributed by atoms with Crippen LogP contribution in [0.1, 0.15) is 19.3 Å². The summed E-state index contributed by atoms with van der Waals surface area (Å²) in [6, 6.07) is -0.862. The van der Waals surface area contributed by atoms with E-state index in [4.69, 9.17) is 5.11 Å². The highest BCUT2D eigenvalue weighted by molar-refractivity contribution is 5.86. The van der Waals surface area contributed by atoms with Gasteiger partial charge in [0.15, 0.2) is 0 Å². The maximum Gasteiger partial charge on any atom is 0.326 e. The van der Waals surface area contributed by atoms with Gasteiger partial charge in [-0.1, -0.05) is 0 Å². The van der Waals surface area contributed by atoms with E-state index in [2.05, 4.69) is 5.32 Å². The first kappa shape index (κ1) is 12.3. The van der Waals surface area contributed by atoms with Gasteiger partial charge in [0, 0.05) is 19.5 Å². The van der Waals surface area contributed by atoms with Crippen LogP contribution in [-0.2, 0) is 9.59 Å². The van der Waals surface area contributed by atoms with Crippen molar-refractivity contribution >= 4 is 11.9 Å². The van der Waals surface area contributed by atoms with Crippen LogP contribution in [0.2, 0.25) is 0 Å². The summed E-state index contributed by atoms with van der Waals surface area (Å²) in [5.41, 5.74) is 0. The van der Waals surface area contributed by atoms with Crippen LogP contribution >= 0.6 is 0 Å². The Kier molecular flexibility index (Phi) is 3.63. The van der Waals surface area contributed by atoms with E-state index < -0.39 is 18.1 Å². The molecule has 3 atom stereocenters. The zero-order valence-corrected chi connectivity index (χ0v) is 9.63. The molecule has 2 rings (SSSR count). The Balaban J connectivity index is 2.04. The zero-order chi connectivity index (χ0) is 12.4. The van der Waals surface area contributed by atoms with Gasteiger partial charge in [-0.25, -0.2) is 4.79 Å². The predicted molar refractivity (Wildman–Crippen MR) is 59.4 cm³/mol. The fraction of sp³-hybridized carbons (Fsp3) is 0.818. The van der Waals surface area contributed by atoms with Crippen LogP contribution in [-0.4, -0.2) is 58.8 Å². The van der Waals surface area contributed by atoms with Crippen molar-refractivity contribution in [3.63, 3.8) is 0 Å². The first-order chi connectivity index (χ1) is 8.09. The molecule has 2 unspecified atom stereocenters. The molecule has 1 amide bonds. The molecule has 0 radical (unpaired) electrons. The molecule has 17 heavy (non-hydrogen) atoms. The van der Waals surface area contributed by atoms with Crippen LogP contribution in [0.4, 0.5) is 0 Å². The molecule has 2 aliphatic heterocycles. The summed E-state index contributed by atoms with van der Waals surface area (Å²) < 4.78 is 0. The Labute approximate surface area is 99.6 Å². The number of nitrogens with one attached hydrogen (secondary N) is 1. The highest BCUT2D eigenvalue weighted by atomic mass is 16.4. The lowest BCUT2D eigenvalue weighted by molar-refractivity contribution is -0.150. The summed E-state index contributed by atoms with van der Waals surface area (Å²) in [4.78, 5) is 24.5. The van der Waals surface area contributed by atoms with Crippen molar-refractivity contribution in [2.45, 2.75) is 31.4 Å². The lowest BCUT2D eigenvalue weighted by Crippen LogP contribution is -2.47. The Bertz CT molecular complexity index is 315. The summed E-state index contributed by atoms with van der Waals surface area (Å²) >= 11 is 0. The van der Waals surface area contributed by atoms with Gasteiger partial charge in [-0.05, 0) is 19.4 Å². The number of carboxylic acids is 1. The number of aliphatic hydroxyl groups is 1. The third-order valence-electron chi connectivity index (χ3n) is 3.49. The van der Waals surface area contributed by atoms with Gasteiger partial charge in [0.1, 0.15) is 6.04 Å². The predicted octanol–water partition coefficient (Wildman–Crippen LogP) is -0.968. The van der Waals surface area contributed by atoms with E-state index in [1.54, 1.807) is 0 Å². The molecule has 0 aromatic rings. The standard InChI is InChI=1S/C11H18N2O4/c14-8-4-9(11(16)17)13(6-8)10(15)7-2-1-3-12-5-7/h7-9,12,14H,1-6H2,(H,16,17)/t7-,8?,9?/m0/s1. The fourth-order valence-corrected chi connectivity index (χ4v) is 2.59. The monoisotopic (exact) mass is 242 g/mol. The van der Waals surface area contributed by atoms with Crippen LogP contribution in [0.5, 0.6) is 0 Å². The number of carbonyl (C=O) groups excluding carboxylic acids is 1. The molecule has 96 valence electrons. The summed E-state index contributed by atoms with van der Waals surface area (Å²) in [7, 11) is 0. The number of β-amino-alcohol motifs (C(OH)–C–C–N with tert-alkyl or cyclic N) is 1. The molecule has 2 heterocycles. The third-order valence-corrected chi connectivity index (χ3v) is 3.49. The number of rotatable bonds is 2. The van der Waals surface area contributed by atoms with Crippen molar-refractivity contribution in [1.29, 1.82) is 0 Å². The highest BCUT2D eigenvalue weighted by Crippen LogP contribution is 2.23. The fourth-order valence-electron chi connectivity index (χ4n) is 2.59. The second kappa shape index (κ2) is 5.01. The van der Waals surface area contributed by atoms with Gasteiger partial charge in [0.25, 0.3) is 0 Å². The normalized spacial score (nSPS) is 33.7. The quantitative estimate of drug-likeness (QED) is 0.580. The van der Waals surface area contributed by atoms with E-state index in [0.717, 1.165) is 19.4 Å². The highest BCUT2D eigenvalue weighted by Gasteiger charge is 2.41. The number of piperidine rings is 1. The number of aliphatic carboxylic acids is 1. The lowest BCUT2D eigenvalue weighted by atomic mass is 9.98. The van der Waals surface area contributed by atoms with Crippen molar-refractivity contribution in [3.05, 3.63) is 0 Å². The molecule has 6 heteroatoms. The van der Waals surface area contributed by atoms with Crippen molar-refractivity contribution in [1.82, 2.24) is 10.2 Å². The van der Waals surface area contributed by atoms with E-state index in [1.165, 1.54) is 4.90 Å². The van der Waals surface area contributed by atoms with Crippen molar-refractivity contribution in [2.75, 3.05) is 19.6 Å². The molecule has 2 saturated heterocycles. The van der Waals surface area contributed by atoms with E-state index >= 15 is 0 Å². The first-order valence-electron chi connectivity index (χ1n) is 6.01. The van der Waals surface area contributed by atoms with E-state index in [1.807, 2.05) is 0 Å². The van der Waals surface area contributed by atoms with Crippen LogP contribution < -0.4 is 5.32 Å². The number of hydrogen-bond acceptors (Lipinski definition) is 4. The first-order valence-corrected chi connectivity index (χ1v) is 6.01. The second-order valence-corrected chi connectivity index (χ2v) is 4.78. The van der Waals surface area contributed by atoms with E-state index in [-0.39, 0.29) is 24.8 Å². The smallest absolute Gasteiger partial charge is 0.326 e. The Morgan fingerprint density at radius 1 is 1.35 bits per heavy atom. The molecule has 0 aromatic heterocycles. The third kappa shape index (κ3) is 2.58. The number of carboxylic acid groups (broad SMARTS) is 1. The van der Waals surface area contributed by atoms with Crippen LogP contribution in [0.25, 0.3) is 0 Å². The molecule has 2 aliphatic rings. The molecular weight excluding hydrogens is 224 g/mol. The number of aliphatic hydroxyl groups excluding tert-OH is 1. The average Bonchev–Trinajstić information content (AvgIpc) is 2.72. The molecule has 0 spiro atoms. The number of carbonyl (C=O) groups is 2. The van der Waals surface area contributed by atoms with Crippen LogP contribution in [0.15, 0.2) is 0 Å². The van der Waals surface area contributed by atoms with Crippen LogP contribution in [0, 0.1) is 5.92 Å². The van der Waals surface area contributed by atoms with E-state index in [0.29, 0.717) is 6.54 Å². The molecule has 0 bridgehead atoms. The molecule has 3 N–H and O–H groups in total. The zero-order valence-electron chi connectivity index (χ0n) is 9.63. The molecule has 0 aromatic carbocycles. The van der Waals surface area contributed by atoms with Crippen molar-refractivity contribution in [3.8, 4) is 0 Å². The van der Waals surface area contributed by atoms with Gasteiger partial charge in [0.2, 0.25) is 5.91 Å². The van der Waals surface area contributed by atoms with Gasteiger partial charge in [0.05, 0.1) is 12.0 Å². The number of likely N-dealkylation sites (tertiary alicyclic amines) is 1. The van der Waals surface area contributed by atoms with Gasteiger partial charge in [-0.15, -0.1) is 0 Å². The summed E-state index contributed by atoms with van der Waals surface area (Å²) in [6.07, 6.45) is 1.16. The molecule has 0 saturated carbocycles. The number of nitrogens with zero attached hydrogens (tertiary/aromatic N) is 1. The largest absolute Gasteiger partial charge is 0.480 e. The van der Waals surface area contributed by atoms with Crippen LogP contribution in [0.3, 0.4) is 0 Å². The second-order valence-electron chi connectivity index (χ2n) is 4.78. The molecule has 2 fully saturated rings. The SMILES string of the molecule is O=C(O)C1CC(O)CN1C(=O)[C@H]1CCCNC1. The summed E-state index contributed by atoms with van der Waals surface area (Å²) in [6.45, 7) is 1.67. The Hall–Kier alpha value is -1.14. The molecular formula is C11H18N2O4. The maximum absolute atomic E-state index is 12.2. The maximum atomic E-state index is 12.2. The summed E-state index contributed by atoms with van der Waals surface area (Å²) in [5.74, 6) is -1.31. The van der Waals surface area contributed by atoms with Gasteiger partial charge in [-0.3, -0.25) is 4.79 Å². The molecule has 0 aliphatic carbocycles. The molecule has 6 nitrogen and oxygen atoms in total. The minimum Gasteiger partial charge on any atom is -0.480 e. The van der Waals surface area contributed by atoms with Gasteiger partial charge in [-0.2, -0.15) is 0 Å². The summed E-state index contributed by atoms with van der Waals surface area (Å²) in [5, 5.41) is 21.7.